The molecule has 1 unspecified atom stereocenters. The average Bonchev–Trinajstić information content (AvgIpc) is 3.47. The van der Waals surface area contributed by atoms with Crippen molar-refractivity contribution in [3.05, 3.63) is 51.9 Å². The van der Waals surface area contributed by atoms with Crippen LogP contribution in [0, 0.1) is 5.82 Å². The summed E-state index contributed by atoms with van der Waals surface area (Å²) in [5.41, 5.74) is 0.803. The first-order chi connectivity index (χ1) is 16.9. The van der Waals surface area contributed by atoms with Crippen LogP contribution in [0.15, 0.2) is 35.1 Å². The molecule has 35 heavy (non-hydrogen) atoms. The fourth-order valence-corrected chi connectivity index (χ4v) is 6.33. The minimum atomic E-state index is -0.569. The number of pyridine rings is 2. The number of carbonyl (C=O) groups is 1. The smallest absolute Gasteiger partial charge is 0.260 e. The number of carbonyl (C=O) groups excluding carboxylic acids is 1. The maximum absolute atomic E-state index is 15.3. The zero-order valence-corrected chi connectivity index (χ0v) is 20.5. The minimum absolute atomic E-state index is 0.0237. The molecule has 2 aliphatic rings. The number of anilines is 1. The van der Waals surface area contributed by atoms with Crippen LogP contribution < -0.4 is 10.3 Å². The van der Waals surface area contributed by atoms with Gasteiger partial charge < -0.3 is 19.4 Å². The van der Waals surface area contributed by atoms with E-state index in [2.05, 4.69) is 9.88 Å². The summed E-state index contributed by atoms with van der Waals surface area (Å²) in [4.78, 5) is 38.4. The maximum Gasteiger partial charge on any atom is 0.260 e. The van der Waals surface area contributed by atoms with E-state index in [1.165, 1.54) is 17.4 Å². The molecule has 0 saturated carbocycles. The molecule has 182 valence electrons. The van der Waals surface area contributed by atoms with Gasteiger partial charge in [-0.2, -0.15) is 0 Å². The summed E-state index contributed by atoms with van der Waals surface area (Å²) >= 11 is 1.39. The minimum Gasteiger partial charge on any atom is -0.378 e. The summed E-state index contributed by atoms with van der Waals surface area (Å²) in [6.45, 7) is 3.69. The van der Waals surface area contributed by atoms with E-state index < -0.39 is 11.2 Å². The third kappa shape index (κ3) is 3.59. The van der Waals surface area contributed by atoms with Gasteiger partial charge in [-0.15, -0.1) is 11.3 Å². The number of halogens is 1. The number of ether oxygens (including phenoxy) is 1. The normalized spacial score (nSPS) is 19.3. The van der Waals surface area contributed by atoms with Gasteiger partial charge in [0.05, 0.1) is 28.8 Å². The van der Waals surface area contributed by atoms with E-state index in [0.29, 0.717) is 36.8 Å². The SMILES string of the molecule is CN1CCC(N(C)C(=O)c2c(=O)c3cc(F)c(N4CCOCC4)nc3n3c2sc2ccccc23)C1. The largest absolute Gasteiger partial charge is 0.378 e. The van der Waals surface area contributed by atoms with E-state index in [1.807, 2.05) is 40.6 Å². The van der Waals surface area contributed by atoms with Gasteiger partial charge in [0.15, 0.2) is 17.3 Å². The molecule has 2 aliphatic heterocycles. The molecule has 1 atom stereocenters. The van der Waals surface area contributed by atoms with Crippen LogP contribution in [0.4, 0.5) is 10.2 Å². The number of rotatable bonds is 3. The monoisotopic (exact) mass is 495 g/mol. The number of morpholine rings is 1. The van der Waals surface area contributed by atoms with Crippen LogP contribution in [-0.4, -0.2) is 84.6 Å². The number of likely N-dealkylation sites (N-methyl/N-ethyl adjacent to an activating group) is 2. The van der Waals surface area contributed by atoms with Gasteiger partial charge in [-0.3, -0.25) is 14.0 Å². The Hall–Kier alpha value is -3.08. The maximum atomic E-state index is 15.3. The van der Waals surface area contributed by atoms with Crippen LogP contribution in [0.5, 0.6) is 0 Å². The summed E-state index contributed by atoms with van der Waals surface area (Å²) < 4.78 is 23.5. The Bertz CT molecular complexity index is 1530. The van der Waals surface area contributed by atoms with E-state index in [-0.39, 0.29) is 28.7 Å². The van der Waals surface area contributed by atoms with Crippen LogP contribution in [-0.2, 0) is 4.74 Å². The van der Waals surface area contributed by atoms with Crippen LogP contribution in [0.2, 0.25) is 0 Å². The van der Waals surface area contributed by atoms with Crippen LogP contribution in [0.25, 0.3) is 26.1 Å². The third-order valence-corrected chi connectivity index (χ3v) is 8.25. The quantitative estimate of drug-likeness (QED) is 0.435. The second-order valence-electron chi connectivity index (χ2n) is 9.30. The zero-order chi connectivity index (χ0) is 24.3. The van der Waals surface area contributed by atoms with E-state index in [9.17, 15) is 9.59 Å². The second-order valence-corrected chi connectivity index (χ2v) is 10.3. The van der Waals surface area contributed by atoms with Crippen molar-refractivity contribution in [2.75, 3.05) is 58.4 Å². The van der Waals surface area contributed by atoms with Gasteiger partial charge in [0.2, 0.25) is 5.43 Å². The lowest BCUT2D eigenvalue weighted by molar-refractivity contribution is 0.0738. The van der Waals surface area contributed by atoms with Crippen molar-refractivity contribution >= 4 is 49.1 Å². The highest BCUT2D eigenvalue weighted by Crippen LogP contribution is 2.33. The Labute approximate surface area is 205 Å². The molecule has 2 fully saturated rings. The molecule has 0 radical (unpaired) electrons. The van der Waals surface area contributed by atoms with E-state index in [1.54, 1.807) is 11.9 Å². The van der Waals surface area contributed by atoms with Crippen molar-refractivity contribution in [3.8, 4) is 0 Å². The number of hydrogen-bond donors (Lipinski definition) is 0. The fraction of sp³-hybridized carbons (Fsp3) is 0.400. The van der Waals surface area contributed by atoms with Gasteiger partial charge in [-0.25, -0.2) is 9.37 Å². The number of hydrogen-bond acceptors (Lipinski definition) is 7. The summed E-state index contributed by atoms with van der Waals surface area (Å²) in [7, 11) is 3.77. The molecular weight excluding hydrogens is 469 g/mol. The lowest BCUT2D eigenvalue weighted by Crippen LogP contribution is -2.40. The number of amides is 1. The summed E-state index contributed by atoms with van der Waals surface area (Å²) in [5, 5.41) is 0.112. The number of likely N-dealkylation sites (tertiary alicyclic amines) is 1. The number of thiazole rings is 1. The van der Waals surface area contributed by atoms with Gasteiger partial charge in [-0.05, 0) is 38.2 Å². The first-order valence-electron chi connectivity index (χ1n) is 11.8. The molecule has 6 rings (SSSR count). The van der Waals surface area contributed by atoms with Crippen molar-refractivity contribution < 1.29 is 13.9 Å². The van der Waals surface area contributed by atoms with Crippen molar-refractivity contribution in [3.63, 3.8) is 0 Å². The molecule has 1 aromatic carbocycles. The highest BCUT2D eigenvalue weighted by atomic mass is 32.1. The Balaban J connectivity index is 1.62. The predicted octanol–water partition coefficient (Wildman–Crippen LogP) is 2.81. The molecule has 8 nitrogen and oxygen atoms in total. The first kappa shape index (κ1) is 22.4. The third-order valence-electron chi connectivity index (χ3n) is 7.11. The molecule has 0 spiro atoms. The topological polar surface area (TPSA) is 70.4 Å². The van der Waals surface area contributed by atoms with Crippen molar-refractivity contribution in [2.24, 2.45) is 0 Å². The number of para-hydroxylation sites is 1. The summed E-state index contributed by atoms with van der Waals surface area (Å²) in [6.07, 6.45) is 0.850. The number of aromatic nitrogens is 2. The Morgan fingerprint density at radius 3 is 2.74 bits per heavy atom. The zero-order valence-electron chi connectivity index (χ0n) is 19.7. The number of benzene rings is 1. The first-order valence-corrected chi connectivity index (χ1v) is 12.6. The summed E-state index contributed by atoms with van der Waals surface area (Å²) in [5.74, 6) is -0.700. The van der Waals surface area contributed by atoms with Crippen LogP contribution >= 0.6 is 11.3 Å². The van der Waals surface area contributed by atoms with Gasteiger partial charge >= 0.3 is 0 Å². The number of nitrogens with zero attached hydrogens (tertiary/aromatic N) is 5. The van der Waals surface area contributed by atoms with Gasteiger partial charge in [0.1, 0.15) is 10.4 Å². The molecule has 0 bridgehead atoms. The lowest BCUT2D eigenvalue weighted by atomic mass is 10.1. The van der Waals surface area contributed by atoms with Crippen molar-refractivity contribution in [1.82, 2.24) is 19.2 Å². The van der Waals surface area contributed by atoms with Gasteiger partial charge in [0, 0.05) is 32.7 Å². The summed E-state index contributed by atoms with van der Waals surface area (Å²) in [6, 6.07) is 9.00. The highest BCUT2D eigenvalue weighted by Gasteiger charge is 2.31. The van der Waals surface area contributed by atoms with Crippen LogP contribution in [0.3, 0.4) is 0 Å². The molecular formula is C25H26FN5O3S. The predicted molar refractivity (Wildman–Crippen MR) is 135 cm³/mol. The molecule has 2 saturated heterocycles. The molecule has 4 aromatic rings. The Morgan fingerprint density at radius 2 is 2.00 bits per heavy atom. The van der Waals surface area contributed by atoms with Gasteiger partial charge in [-0.1, -0.05) is 12.1 Å². The molecule has 0 aliphatic carbocycles. The molecule has 3 aromatic heterocycles. The highest BCUT2D eigenvalue weighted by molar-refractivity contribution is 7.24. The van der Waals surface area contributed by atoms with Gasteiger partial charge in [0.25, 0.3) is 5.91 Å². The van der Waals surface area contributed by atoms with Crippen molar-refractivity contribution in [1.29, 1.82) is 0 Å². The fourth-order valence-electron chi connectivity index (χ4n) is 5.16. The standard InChI is InChI=1S/C25H26FN5O3S/c1-28-8-7-15(14-28)29(2)24(33)20-21(32)16-13-17(26)23(30-9-11-34-12-10-30)27-22(16)31-18-5-3-4-6-19(18)35-25(20)31/h3-6,13,15H,7-12,14H2,1-2H3. The molecule has 0 N–H and O–H groups in total. The van der Waals surface area contributed by atoms with Crippen LogP contribution in [0.1, 0.15) is 16.8 Å². The molecule has 10 heteroatoms. The lowest BCUT2D eigenvalue weighted by Gasteiger charge is -2.28. The van der Waals surface area contributed by atoms with E-state index >= 15 is 4.39 Å². The number of fused-ring (bicyclic) bond motifs is 5. The molecule has 1 amide bonds. The Morgan fingerprint density at radius 1 is 1.23 bits per heavy atom. The van der Waals surface area contributed by atoms with E-state index in [4.69, 9.17) is 4.74 Å². The van der Waals surface area contributed by atoms with Crippen molar-refractivity contribution in [2.45, 2.75) is 12.5 Å². The van der Waals surface area contributed by atoms with E-state index in [0.717, 1.165) is 29.7 Å². The molecule has 5 heterocycles. The second kappa shape index (κ2) is 8.54. The average molecular weight is 496 g/mol. The Kier molecular flexibility index (Phi) is 5.46.